The first-order chi connectivity index (χ1) is 7.16. The van der Waals surface area contributed by atoms with Crippen LogP contribution in [0.1, 0.15) is 30.4 Å². The lowest BCUT2D eigenvalue weighted by atomic mass is 9.86. The zero-order valence-corrected chi connectivity index (χ0v) is 9.42. The second kappa shape index (κ2) is 4.13. The second-order valence-electron chi connectivity index (χ2n) is 4.51. The highest BCUT2D eigenvalue weighted by Gasteiger charge is 2.18. The number of benzene rings is 1. The zero-order chi connectivity index (χ0) is 10.8. The van der Waals surface area contributed by atoms with Crippen molar-refractivity contribution in [3.63, 3.8) is 0 Å². The van der Waals surface area contributed by atoms with Crippen LogP contribution in [0.5, 0.6) is 11.5 Å². The lowest BCUT2D eigenvalue weighted by Crippen LogP contribution is -2.19. The number of phenolic OH excluding ortho intramolecular Hbond substituents is 1. The Morgan fingerprint density at radius 1 is 1.27 bits per heavy atom. The minimum absolute atomic E-state index is 0.262. The molecule has 1 aliphatic carbocycles. The molecule has 0 atom stereocenters. The molecule has 0 aliphatic heterocycles. The van der Waals surface area contributed by atoms with Crippen molar-refractivity contribution in [3.8, 4) is 11.5 Å². The van der Waals surface area contributed by atoms with Crippen molar-refractivity contribution in [2.45, 2.75) is 33.1 Å². The molecule has 15 heavy (non-hydrogen) atoms. The minimum Gasteiger partial charge on any atom is -0.504 e. The van der Waals surface area contributed by atoms with Gasteiger partial charge in [-0.05, 0) is 55.9 Å². The summed E-state index contributed by atoms with van der Waals surface area (Å²) in [4.78, 5) is 0. The van der Waals surface area contributed by atoms with Crippen LogP contribution in [0.2, 0.25) is 0 Å². The third-order valence-corrected chi connectivity index (χ3v) is 3.27. The molecule has 2 rings (SSSR count). The van der Waals surface area contributed by atoms with E-state index in [2.05, 4.69) is 0 Å². The zero-order valence-electron chi connectivity index (χ0n) is 9.42. The molecule has 2 nitrogen and oxygen atoms in total. The second-order valence-corrected chi connectivity index (χ2v) is 4.51. The Kier molecular flexibility index (Phi) is 2.85. The van der Waals surface area contributed by atoms with E-state index < -0.39 is 0 Å². The highest BCUT2D eigenvalue weighted by Crippen LogP contribution is 2.32. The molecule has 0 aromatic heterocycles. The summed E-state index contributed by atoms with van der Waals surface area (Å²) < 4.78 is 5.63. The van der Waals surface area contributed by atoms with Gasteiger partial charge in [0, 0.05) is 0 Å². The first kappa shape index (κ1) is 10.3. The van der Waals surface area contributed by atoms with Gasteiger partial charge in [-0.25, -0.2) is 0 Å². The van der Waals surface area contributed by atoms with Crippen molar-refractivity contribution in [1.29, 1.82) is 0 Å². The summed E-state index contributed by atoms with van der Waals surface area (Å²) >= 11 is 0. The third kappa shape index (κ3) is 2.25. The van der Waals surface area contributed by atoms with Gasteiger partial charge in [-0.3, -0.25) is 0 Å². The van der Waals surface area contributed by atoms with E-state index in [-0.39, 0.29) is 5.75 Å². The number of aromatic hydroxyl groups is 1. The number of phenols is 1. The van der Waals surface area contributed by atoms with E-state index in [4.69, 9.17) is 4.74 Å². The van der Waals surface area contributed by atoms with E-state index in [0.29, 0.717) is 11.7 Å². The molecular formula is C13H18O2. The maximum atomic E-state index is 9.69. The average molecular weight is 206 g/mol. The lowest BCUT2D eigenvalue weighted by Gasteiger charge is -2.25. The molecule has 2 heteroatoms. The first-order valence-electron chi connectivity index (χ1n) is 5.60. The van der Waals surface area contributed by atoms with E-state index in [9.17, 15) is 5.11 Å². The molecule has 1 N–H and O–H groups in total. The van der Waals surface area contributed by atoms with Crippen LogP contribution in [0.4, 0.5) is 0 Å². The van der Waals surface area contributed by atoms with Crippen molar-refractivity contribution in [1.82, 2.24) is 0 Å². The maximum absolute atomic E-state index is 9.69. The van der Waals surface area contributed by atoms with Crippen molar-refractivity contribution in [2.24, 2.45) is 5.92 Å². The molecule has 0 saturated heterocycles. The summed E-state index contributed by atoms with van der Waals surface area (Å²) in [5.74, 6) is 1.59. The fourth-order valence-corrected chi connectivity index (χ4v) is 1.76. The molecule has 1 fully saturated rings. The smallest absolute Gasteiger partial charge is 0.161 e. The minimum atomic E-state index is 0.262. The van der Waals surface area contributed by atoms with Crippen LogP contribution in [0.3, 0.4) is 0 Å². The molecule has 1 saturated carbocycles. The van der Waals surface area contributed by atoms with Crippen LogP contribution in [-0.4, -0.2) is 11.7 Å². The molecule has 1 aromatic rings. The largest absolute Gasteiger partial charge is 0.504 e. The molecule has 0 heterocycles. The summed E-state index contributed by atoms with van der Waals surface area (Å²) in [6.45, 7) is 4.77. The SMILES string of the molecule is Cc1cc(O)c(OCC2CCC2)cc1C. The Labute approximate surface area is 90.9 Å². The molecule has 0 amide bonds. The summed E-state index contributed by atoms with van der Waals surface area (Å²) in [5.41, 5.74) is 2.26. The normalized spacial score (nSPS) is 16.1. The molecule has 0 unspecified atom stereocenters. The summed E-state index contributed by atoms with van der Waals surface area (Å²) in [5, 5.41) is 9.69. The summed E-state index contributed by atoms with van der Waals surface area (Å²) in [7, 11) is 0. The highest BCUT2D eigenvalue weighted by molar-refractivity contribution is 5.45. The van der Waals surface area contributed by atoms with Crippen molar-refractivity contribution >= 4 is 0 Å². The molecule has 1 aliphatic rings. The Hall–Kier alpha value is -1.18. The van der Waals surface area contributed by atoms with Crippen LogP contribution < -0.4 is 4.74 Å². The topological polar surface area (TPSA) is 29.5 Å². The van der Waals surface area contributed by atoms with Gasteiger partial charge in [0.1, 0.15) is 0 Å². The standard InChI is InChI=1S/C13H18O2/c1-9-6-12(14)13(7-10(9)2)15-8-11-4-3-5-11/h6-7,11,14H,3-5,8H2,1-2H3. The molecular weight excluding hydrogens is 188 g/mol. The van der Waals surface area contributed by atoms with Gasteiger partial charge in [-0.15, -0.1) is 0 Å². The van der Waals surface area contributed by atoms with Crippen molar-refractivity contribution < 1.29 is 9.84 Å². The summed E-state index contributed by atoms with van der Waals surface area (Å²) in [6.07, 6.45) is 3.87. The first-order valence-corrected chi connectivity index (χ1v) is 5.60. The van der Waals surface area contributed by atoms with Gasteiger partial charge in [0.25, 0.3) is 0 Å². The fraction of sp³-hybridized carbons (Fsp3) is 0.538. The maximum Gasteiger partial charge on any atom is 0.161 e. The lowest BCUT2D eigenvalue weighted by molar-refractivity contribution is 0.176. The van der Waals surface area contributed by atoms with Crippen LogP contribution in [0.15, 0.2) is 12.1 Å². The van der Waals surface area contributed by atoms with Crippen LogP contribution in [0.25, 0.3) is 0 Å². The number of hydrogen-bond donors (Lipinski definition) is 1. The van der Waals surface area contributed by atoms with Crippen LogP contribution >= 0.6 is 0 Å². The van der Waals surface area contributed by atoms with Crippen LogP contribution in [0, 0.1) is 19.8 Å². The van der Waals surface area contributed by atoms with Gasteiger partial charge in [-0.1, -0.05) is 6.42 Å². The van der Waals surface area contributed by atoms with Crippen LogP contribution in [-0.2, 0) is 0 Å². The highest BCUT2D eigenvalue weighted by atomic mass is 16.5. The molecule has 0 radical (unpaired) electrons. The Morgan fingerprint density at radius 2 is 1.93 bits per heavy atom. The van der Waals surface area contributed by atoms with Crippen molar-refractivity contribution in [3.05, 3.63) is 23.3 Å². The molecule has 82 valence electrons. The van der Waals surface area contributed by atoms with Gasteiger partial charge in [0.2, 0.25) is 0 Å². The van der Waals surface area contributed by atoms with E-state index in [1.807, 2.05) is 19.9 Å². The predicted octanol–water partition coefficient (Wildman–Crippen LogP) is 3.19. The van der Waals surface area contributed by atoms with Gasteiger partial charge >= 0.3 is 0 Å². The number of hydrogen-bond acceptors (Lipinski definition) is 2. The van der Waals surface area contributed by atoms with Gasteiger partial charge in [0.15, 0.2) is 11.5 Å². The van der Waals surface area contributed by atoms with Gasteiger partial charge in [0.05, 0.1) is 6.61 Å². The van der Waals surface area contributed by atoms with E-state index >= 15 is 0 Å². The number of rotatable bonds is 3. The average Bonchev–Trinajstić information content (AvgIpc) is 2.11. The Bertz CT molecular complexity index is 354. The summed E-state index contributed by atoms with van der Waals surface area (Å²) in [6, 6.07) is 3.69. The quantitative estimate of drug-likeness (QED) is 0.823. The molecule has 0 spiro atoms. The fourth-order valence-electron chi connectivity index (χ4n) is 1.76. The third-order valence-electron chi connectivity index (χ3n) is 3.27. The molecule has 1 aromatic carbocycles. The molecule has 0 bridgehead atoms. The van der Waals surface area contributed by atoms with Gasteiger partial charge in [-0.2, -0.15) is 0 Å². The number of ether oxygens (including phenoxy) is 1. The van der Waals surface area contributed by atoms with Gasteiger partial charge < -0.3 is 9.84 Å². The van der Waals surface area contributed by atoms with E-state index in [1.54, 1.807) is 6.07 Å². The van der Waals surface area contributed by atoms with E-state index in [0.717, 1.165) is 17.7 Å². The monoisotopic (exact) mass is 206 g/mol. The Balaban J connectivity index is 2.03. The Morgan fingerprint density at radius 3 is 2.53 bits per heavy atom. The van der Waals surface area contributed by atoms with E-state index in [1.165, 1.54) is 19.3 Å². The predicted molar refractivity (Wildman–Crippen MR) is 60.4 cm³/mol. The van der Waals surface area contributed by atoms with Crippen molar-refractivity contribution in [2.75, 3.05) is 6.61 Å². The number of aryl methyl sites for hydroxylation is 2.